The molecule has 0 spiro atoms. The number of fused-ring (bicyclic) bond motifs is 1. The zero-order valence-electron chi connectivity index (χ0n) is 17.0. The van der Waals surface area contributed by atoms with E-state index in [1.165, 1.54) is 0 Å². The van der Waals surface area contributed by atoms with Crippen molar-refractivity contribution in [3.8, 4) is 33.5 Å². The van der Waals surface area contributed by atoms with E-state index in [4.69, 9.17) is 16.6 Å². The first-order valence-electron chi connectivity index (χ1n) is 10.2. The van der Waals surface area contributed by atoms with E-state index in [0.717, 1.165) is 39.1 Å². The van der Waals surface area contributed by atoms with Crippen LogP contribution in [0.5, 0.6) is 0 Å². The van der Waals surface area contributed by atoms with E-state index in [-0.39, 0.29) is 12.2 Å². The SMILES string of the molecule is O=c1[nH]cc(-c2cccc(CO)c2)c2nc(-c3ccc(Cl)cc3)c(-c3ccccc3)cc12. The summed E-state index contributed by atoms with van der Waals surface area (Å²) in [4.78, 5) is 20.7. The lowest BCUT2D eigenvalue weighted by Gasteiger charge is -2.14. The van der Waals surface area contributed by atoms with E-state index >= 15 is 0 Å². The first-order valence-corrected chi connectivity index (χ1v) is 10.6. The van der Waals surface area contributed by atoms with Crippen molar-refractivity contribution in [1.82, 2.24) is 9.97 Å². The summed E-state index contributed by atoms with van der Waals surface area (Å²) in [5, 5.41) is 10.7. The van der Waals surface area contributed by atoms with Crippen molar-refractivity contribution in [3.63, 3.8) is 0 Å². The lowest BCUT2D eigenvalue weighted by atomic mass is 9.96. The van der Waals surface area contributed by atoms with Crippen molar-refractivity contribution in [1.29, 1.82) is 0 Å². The molecule has 2 aromatic heterocycles. The summed E-state index contributed by atoms with van der Waals surface area (Å²) in [5.74, 6) is 0. The van der Waals surface area contributed by atoms with Gasteiger partial charge < -0.3 is 10.1 Å². The van der Waals surface area contributed by atoms with E-state index in [9.17, 15) is 9.90 Å². The molecule has 0 radical (unpaired) electrons. The van der Waals surface area contributed by atoms with Crippen LogP contribution in [0.2, 0.25) is 5.02 Å². The van der Waals surface area contributed by atoms with Crippen LogP contribution in [-0.2, 0) is 6.61 Å². The molecule has 32 heavy (non-hydrogen) atoms. The molecule has 2 heterocycles. The zero-order valence-corrected chi connectivity index (χ0v) is 17.8. The third kappa shape index (κ3) is 3.71. The molecule has 0 fully saturated rings. The summed E-state index contributed by atoms with van der Waals surface area (Å²) in [7, 11) is 0. The Bertz CT molecular complexity index is 1480. The number of rotatable bonds is 4. The van der Waals surface area contributed by atoms with Crippen LogP contribution >= 0.6 is 11.6 Å². The van der Waals surface area contributed by atoms with Gasteiger partial charge in [-0.1, -0.05) is 72.3 Å². The van der Waals surface area contributed by atoms with Crippen molar-refractivity contribution in [2.24, 2.45) is 0 Å². The van der Waals surface area contributed by atoms with E-state index < -0.39 is 0 Å². The second-order valence-corrected chi connectivity index (χ2v) is 7.98. The number of H-pyrrole nitrogens is 1. The first kappa shape index (κ1) is 20.2. The fraction of sp³-hybridized carbons (Fsp3) is 0.0370. The lowest BCUT2D eigenvalue weighted by molar-refractivity contribution is 0.282. The molecule has 0 aliphatic rings. The van der Waals surface area contributed by atoms with Crippen molar-refractivity contribution in [2.45, 2.75) is 6.61 Å². The molecule has 0 atom stereocenters. The summed E-state index contributed by atoms with van der Waals surface area (Å²) in [5.41, 5.74) is 6.38. The Kier molecular flexibility index (Phi) is 5.31. The highest BCUT2D eigenvalue weighted by atomic mass is 35.5. The van der Waals surface area contributed by atoms with Crippen molar-refractivity contribution >= 4 is 22.5 Å². The summed E-state index contributed by atoms with van der Waals surface area (Å²) in [6, 6.07) is 26.9. The number of hydrogen-bond acceptors (Lipinski definition) is 3. The van der Waals surface area contributed by atoms with E-state index in [2.05, 4.69) is 4.98 Å². The third-order valence-electron chi connectivity index (χ3n) is 5.49. The van der Waals surface area contributed by atoms with Gasteiger partial charge in [-0.05, 0) is 41.0 Å². The number of hydrogen-bond donors (Lipinski definition) is 2. The Morgan fingerprint density at radius 3 is 2.31 bits per heavy atom. The third-order valence-corrected chi connectivity index (χ3v) is 5.74. The van der Waals surface area contributed by atoms with E-state index in [1.807, 2.05) is 84.9 Å². The van der Waals surface area contributed by atoms with Gasteiger partial charge in [-0.3, -0.25) is 4.79 Å². The van der Waals surface area contributed by atoms with Crippen LogP contribution in [0.1, 0.15) is 5.56 Å². The van der Waals surface area contributed by atoms with Gasteiger partial charge in [-0.15, -0.1) is 0 Å². The predicted molar refractivity (Wildman–Crippen MR) is 130 cm³/mol. The Hall–Kier alpha value is -3.73. The molecule has 0 aliphatic carbocycles. The van der Waals surface area contributed by atoms with Crippen LogP contribution in [0, 0.1) is 0 Å². The van der Waals surface area contributed by atoms with E-state index in [1.54, 1.807) is 6.20 Å². The molecule has 2 N–H and O–H groups in total. The summed E-state index contributed by atoms with van der Waals surface area (Å²) in [6.07, 6.45) is 1.68. The van der Waals surface area contributed by atoms with Crippen LogP contribution in [0.3, 0.4) is 0 Å². The maximum Gasteiger partial charge on any atom is 0.257 e. The normalized spacial score (nSPS) is 11.1. The monoisotopic (exact) mass is 438 g/mol. The average Bonchev–Trinajstić information content (AvgIpc) is 2.85. The molecule has 5 heteroatoms. The molecule has 5 rings (SSSR count). The van der Waals surface area contributed by atoms with Gasteiger partial charge in [0.2, 0.25) is 0 Å². The van der Waals surface area contributed by atoms with Gasteiger partial charge in [-0.2, -0.15) is 0 Å². The molecular formula is C27H19ClN2O2. The van der Waals surface area contributed by atoms with Gasteiger partial charge >= 0.3 is 0 Å². The maximum absolute atomic E-state index is 12.8. The number of aromatic nitrogens is 2. The maximum atomic E-state index is 12.8. The van der Waals surface area contributed by atoms with Crippen LogP contribution in [0.25, 0.3) is 44.4 Å². The summed E-state index contributed by atoms with van der Waals surface area (Å²) < 4.78 is 0. The lowest BCUT2D eigenvalue weighted by Crippen LogP contribution is -2.08. The molecule has 0 unspecified atom stereocenters. The number of benzene rings is 3. The number of aromatic amines is 1. The second kappa shape index (κ2) is 8.42. The van der Waals surface area contributed by atoms with Crippen LogP contribution < -0.4 is 5.56 Å². The smallest absolute Gasteiger partial charge is 0.257 e. The van der Waals surface area contributed by atoms with Crippen molar-refractivity contribution < 1.29 is 5.11 Å². The quantitative estimate of drug-likeness (QED) is 0.358. The molecule has 0 saturated heterocycles. The van der Waals surface area contributed by atoms with Gasteiger partial charge in [0.05, 0.1) is 23.2 Å². The minimum absolute atomic E-state index is 0.0588. The molecule has 156 valence electrons. The zero-order chi connectivity index (χ0) is 22.1. The van der Waals surface area contributed by atoms with Gasteiger partial charge in [-0.25, -0.2) is 4.98 Å². The second-order valence-electron chi connectivity index (χ2n) is 7.54. The molecular weight excluding hydrogens is 420 g/mol. The number of nitrogens with one attached hydrogen (secondary N) is 1. The Morgan fingerprint density at radius 1 is 0.812 bits per heavy atom. The van der Waals surface area contributed by atoms with E-state index in [0.29, 0.717) is 15.9 Å². The molecule has 4 nitrogen and oxygen atoms in total. The molecule has 0 aliphatic heterocycles. The Balaban J connectivity index is 1.85. The fourth-order valence-electron chi connectivity index (χ4n) is 3.90. The number of aliphatic hydroxyl groups is 1. The fourth-order valence-corrected chi connectivity index (χ4v) is 4.02. The minimum Gasteiger partial charge on any atom is -0.392 e. The molecule has 0 amide bonds. The number of aliphatic hydroxyl groups excluding tert-OH is 1. The standard InChI is InChI=1S/C27H19ClN2O2/c28-21-11-9-19(10-12-21)25-22(18-6-2-1-3-7-18)14-23-26(30-25)24(15-29-27(23)32)20-8-4-5-17(13-20)16-31/h1-15,31H,16H2,(H,29,32). The van der Waals surface area contributed by atoms with Crippen molar-refractivity contribution in [2.75, 3.05) is 0 Å². The molecule has 3 aromatic carbocycles. The van der Waals surface area contributed by atoms with Crippen LogP contribution in [0.15, 0.2) is 95.9 Å². The predicted octanol–water partition coefficient (Wildman–Crippen LogP) is 6.07. The largest absolute Gasteiger partial charge is 0.392 e. The number of nitrogens with zero attached hydrogens (tertiary/aromatic N) is 1. The molecule has 0 bridgehead atoms. The minimum atomic E-state index is -0.200. The summed E-state index contributed by atoms with van der Waals surface area (Å²) in [6.45, 7) is -0.0588. The average molecular weight is 439 g/mol. The highest BCUT2D eigenvalue weighted by Crippen LogP contribution is 2.35. The molecule has 5 aromatic rings. The Labute approximate surface area is 189 Å². The topological polar surface area (TPSA) is 66.0 Å². The van der Waals surface area contributed by atoms with Gasteiger partial charge in [0, 0.05) is 27.9 Å². The van der Waals surface area contributed by atoms with Crippen LogP contribution in [0.4, 0.5) is 0 Å². The van der Waals surface area contributed by atoms with Gasteiger partial charge in [0.15, 0.2) is 0 Å². The van der Waals surface area contributed by atoms with Gasteiger partial charge in [0.1, 0.15) is 0 Å². The highest BCUT2D eigenvalue weighted by Gasteiger charge is 2.16. The highest BCUT2D eigenvalue weighted by molar-refractivity contribution is 6.30. The Morgan fingerprint density at radius 2 is 1.56 bits per heavy atom. The molecule has 0 saturated carbocycles. The number of halogens is 1. The van der Waals surface area contributed by atoms with Crippen molar-refractivity contribution in [3.05, 3.63) is 112 Å². The van der Waals surface area contributed by atoms with Gasteiger partial charge in [0.25, 0.3) is 5.56 Å². The first-order chi connectivity index (χ1) is 15.6. The number of pyridine rings is 2. The van der Waals surface area contributed by atoms with Crippen LogP contribution in [-0.4, -0.2) is 15.1 Å². The summed E-state index contributed by atoms with van der Waals surface area (Å²) >= 11 is 6.12.